The molecule has 0 saturated carbocycles. The second-order valence-corrected chi connectivity index (χ2v) is 8.74. The summed E-state index contributed by atoms with van der Waals surface area (Å²) in [6.45, 7) is 2.17. The second kappa shape index (κ2) is 7.64. The SMILES string of the molecule is CC(NC(=O)CCn1cnc2sc3c(c2c1=O)CCCC3)c1nnc2ccccn12. The molecule has 154 valence electrons. The molecule has 0 bridgehead atoms. The zero-order chi connectivity index (χ0) is 20.7. The van der Waals surface area contributed by atoms with E-state index in [0.717, 1.165) is 35.1 Å². The number of amides is 1. The predicted octanol–water partition coefficient (Wildman–Crippen LogP) is 2.65. The van der Waals surface area contributed by atoms with E-state index < -0.39 is 0 Å². The first-order chi connectivity index (χ1) is 14.6. The van der Waals surface area contributed by atoms with E-state index in [1.807, 2.05) is 35.7 Å². The third kappa shape index (κ3) is 3.28. The van der Waals surface area contributed by atoms with Gasteiger partial charge in [-0.05, 0) is 50.3 Å². The van der Waals surface area contributed by atoms with Crippen molar-refractivity contribution in [3.63, 3.8) is 0 Å². The minimum absolute atomic E-state index is 0.0382. The van der Waals surface area contributed by atoms with Crippen molar-refractivity contribution in [2.45, 2.75) is 51.6 Å². The lowest BCUT2D eigenvalue weighted by atomic mass is 9.97. The van der Waals surface area contributed by atoms with Crippen LogP contribution in [-0.2, 0) is 24.2 Å². The van der Waals surface area contributed by atoms with Crippen LogP contribution in [0.15, 0.2) is 35.5 Å². The number of hydrogen-bond acceptors (Lipinski definition) is 6. The molecule has 4 aromatic rings. The van der Waals surface area contributed by atoms with Crippen molar-refractivity contribution in [3.05, 3.63) is 57.3 Å². The monoisotopic (exact) mass is 422 g/mol. The average molecular weight is 423 g/mol. The van der Waals surface area contributed by atoms with Gasteiger partial charge < -0.3 is 5.32 Å². The zero-order valence-electron chi connectivity index (χ0n) is 16.7. The molecule has 0 aromatic carbocycles. The number of fused-ring (bicyclic) bond motifs is 4. The number of nitrogens with one attached hydrogen (secondary N) is 1. The van der Waals surface area contributed by atoms with Gasteiger partial charge in [-0.3, -0.25) is 18.6 Å². The van der Waals surface area contributed by atoms with E-state index >= 15 is 0 Å². The molecule has 0 spiro atoms. The Kier molecular flexibility index (Phi) is 4.82. The number of thiophene rings is 1. The normalized spacial score (nSPS) is 14.7. The number of carbonyl (C=O) groups is 1. The lowest BCUT2D eigenvalue weighted by Gasteiger charge is -2.13. The lowest BCUT2D eigenvalue weighted by molar-refractivity contribution is -0.122. The molecular formula is C21H22N6O2S. The summed E-state index contributed by atoms with van der Waals surface area (Å²) < 4.78 is 3.41. The summed E-state index contributed by atoms with van der Waals surface area (Å²) in [4.78, 5) is 32.1. The fraction of sp³-hybridized carbons (Fsp3) is 0.381. The summed E-state index contributed by atoms with van der Waals surface area (Å²) in [6, 6.07) is 5.36. The van der Waals surface area contributed by atoms with Crippen LogP contribution in [0, 0.1) is 0 Å². The van der Waals surface area contributed by atoms with Gasteiger partial charge in [-0.1, -0.05) is 6.07 Å². The highest BCUT2D eigenvalue weighted by molar-refractivity contribution is 7.18. The van der Waals surface area contributed by atoms with Crippen LogP contribution in [0.4, 0.5) is 0 Å². The van der Waals surface area contributed by atoms with Crippen LogP contribution < -0.4 is 10.9 Å². The first-order valence-corrected chi connectivity index (χ1v) is 11.0. The van der Waals surface area contributed by atoms with Crippen LogP contribution in [0.3, 0.4) is 0 Å². The van der Waals surface area contributed by atoms with Crippen LogP contribution in [0.25, 0.3) is 15.9 Å². The predicted molar refractivity (Wildman–Crippen MR) is 115 cm³/mol. The highest BCUT2D eigenvalue weighted by Crippen LogP contribution is 2.33. The molecule has 1 atom stereocenters. The summed E-state index contributed by atoms with van der Waals surface area (Å²) in [5, 5.41) is 12.0. The molecule has 1 amide bonds. The van der Waals surface area contributed by atoms with Crippen LogP contribution in [-0.4, -0.2) is 30.1 Å². The number of nitrogens with zero attached hydrogens (tertiary/aromatic N) is 5. The van der Waals surface area contributed by atoms with Crippen molar-refractivity contribution in [2.24, 2.45) is 0 Å². The minimum atomic E-state index is -0.295. The van der Waals surface area contributed by atoms with E-state index in [2.05, 4.69) is 20.5 Å². The van der Waals surface area contributed by atoms with Gasteiger partial charge in [0, 0.05) is 24.0 Å². The Morgan fingerprint density at radius 1 is 1.27 bits per heavy atom. The van der Waals surface area contributed by atoms with E-state index in [1.54, 1.807) is 22.2 Å². The van der Waals surface area contributed by atoms with Crippen LogP contribution >= 0.6 is 11.3 Å². The minimum Gasteiger partial charge on any atom is -0.346 e. The Balaban J connectivity index is 1.30. The van der Waals surface area contributed by atoms with E-state index in [1.165, 1.54) is 16.9 Å². The van der Waals surface area contributed by atoms with Crippen molar-refractivity contribution >= 4 is 33.1 Å². The lowest BCUT2D eigenvalue weighted by Crippen LogP contribution is -2.30. The average Bonchev–Trinajstić information content (AvgIpc) is 3.35. The molecule has 0 saturated heterocycles. The molecule has 1 aliphatic rings. The molecule has 5 rings (SSSR count). The topological polar surface area (TPSA) is 94.2 Å². The van der Waals surface area contributed by atoms with Gasteiger partial charge in [0.05, 0.1) is 17.8 Å². The smallest absolute Gasteiger partial charge is 0.262 e. The summed E-state index contributed by atoms with van der Waals surface area (Å²) in [7, 11) is 0. The fourth-order valence-corrected chi connectivity index (χ4v) is 5.32. The molecule has 4 aromatic heterocycles. The standard InChI is InChI=1S/C21H22N6O2S/c1-13(19-25-24-16-8-4-5-10-27(16)19)23-17(28)9-11-26-12-22-20-18(21(26)29)14-6-2-3-7-15(14)30-20/h4-5,8,10,12-13H,2-3,6-7,9,11H2,1H3,(H,23,28). The van der Waals surface area contributed by atoms with Gasteiger partial charge in [-0.2, -0.15) is 0 Å². The molecule has 30 heavy (non-hydrogen) atoms. The Hall–Kier alpha value is -3.07. The Morgan fingerprint density at radius 2 is 2.13 bits per heavy atom. The second-order valence-electron chi connectivity index (χ2n) is 7.66. The molecule has 0 aliphatic heterocycles. The van der Waals surface area contributed by atoms with Crippen LogP contribution in [0.2, 0.25) is 0 Å². The summed E-state index contributed by atoms with van der Waals surface area (Å²) in [6.07, 6.45) is 7.90. The molecule has 1 N–H and O–H groups in total. The van der Waals surface area contributed by atoms with Crippen molar-refractivity contribution in [1.29, 1.82) is 0 Å². The zero-order valence-corrected chi connectivity index (χ0v) is 17.5. The van der Waals surface area contributed by atoms with Gasteiger partial charge in [0.1, 0.15) is 4.83 Å². The number of rotatable bonds is 5. The summed E-state index contributed by atoms with van der Waals surface area (Å²) >= 11 is 1.64. The highest BCUT2D eigenvalue weighted by Gasteiger charge is 2.20. The van der Waals surface area contributed by atoms with E-state index in [4.69, 9.17) is 0 Å². The first-order valence-electron chi connectivity index (χ1n) is 10.2. The van der Waals surface area contributed by atoms with E-state index in [9.17, 15) is 9.59 Å². The van der Waals surface area contributed by atoms with Crippen LogP contribution in [0.1, 0.15) is 48.5 Å². The van der Waals surface area contributed by atoms with Crippen LogP contribution in [0.5, 0.6) is 0 Å². The van der Waals surface area contributed by atoms with Gasteiger partial charge in [0.2, 0.25) is 5.91 Å². The van der Waals surface area contributed by atoms with Gasteiger partial charge in [-0.25, -0.2) is 4.98 Å². The number of hydrogen-bond donors (Lipinski definition) is 1. The van der Waals surface area contributed by atoms with Crippen molar-refractivity contribution in [2.75, 3.05) is 0 Å². The number of aromatic nitrogens is 5. The van der Waals surface area contributed by atoms with Crippen molar-refractivity contribution < 1.29 is 4.79 Å². The molecule has 8 nitrogen and oxygen atoms in total. The molecule has 1 aliphatic carbocycles. The highest BCUT2D eigenvalue weighted by atomic mass is 32.1. The Labute approximate surface area is 176 Å². The summed E-state index contributed by atoms with van der Waals surface area (Å²) in [5.41, 5.74) is 1.87. The Morgan fingerprint density at radius 3 is 3.03 bits per heavy atom. The third-order valence-electron chi connectivity index (χ3n) is 5.63. The number of aryl methyl sites for hydroxylation is 3. The molecule has 0 radical (unpaired) electrons. The number of pyridine rings is 1. The van der Waals surface area contributed by atoms with Crippen molar-refractivity contribution in [3.8, 4) is 0 Å². The maximum atomic E-state index is 13.0. The summed E-state index contributed by atoms with van der Waals surface area (Å²) in [5.74, 6) is 0.527. The van der Waals surface area contributed by atoms with Gasteiger partial charge in [0.25, 0.3) is 5.56 Å². The third-order valence-corrected chi connectivity index (χ3v) is 6.83. The molecule has 4 heterocycles. The maximum absolute atomic E-state index is 13.0. The van der Waals surface area contributed by atoms with E-state index in [0.29, 0.717) is 12.4 Å². The fourth-order valence-electron chi connectivity index (χ4n) is 4.10. The maximum Gasteiger partial charge on any atom is 0.262 e. The molecule has 0 fully saturated rings. The van der Waals surface area contributed by atoms with Crippen molar-refractivity contribution in [1.82, 2.24) is 29.5 Å². The van der Waals surface area contributed by atoms with Gasteiger partial charge in [-0.15, -0.1) is 21.5 Å². The molecule has 1 unspecified atom stereocenters. The molecular weight excluding hydrogens is 400 g/mol. The van der Waals surface area contributed by atoms with Gasteiger partial charge in [0.15, 0.2) is 11.5 Å². The number of carbonyl (C=O) groups excluding carboxylic acids is 1. The largest absolute Gasteiger partial charge is 0.346 e. The first kappa shape index (κ1) is 18.9. The quantitative estimate of drug-likeness (QED) is 0.534. The van der Waals surface area contributed by atoms with Gasteiger partial charge >= 0.3 is 0 Å². The Bertz CT molecular complexity index is 1300. The molecule has 9 heteroatoms. The van der Waals surface area contributed by atoms with E-state index in [-0.39, 0.29) is 23.9 Å².